The van der Waals surface area contributed by atoms with Crippen LogP contribution in [0.15, 0.2) is 5.11 Å². The number of azide groups is 1. The van der Waals surface area contributed by atoms with Gasteiger partial charge in [-0.25, -0.2) is 0 Å². The normalized spacial score (nSPS) is 26.5. The molecule has 1 aliphatic rings. The summed E-state index contributed by atoms with van der Waals surface area (Å²) in [6.07, 6.45) is 0.280. The lowest BCUT2D eigenvalue weighted by Gasteiger charge is -2.16. The highest BCUT2D eigenvalue weighted by atomic mass is 16.5. The molecule has 0 radical (unpaired) electrons. The van der Waals surface area contributed by atoms with Crippen LogP contribution in [-0.4, -0.2) is 57.0 Å². The van der Waals surface area contributed by atoms with Crippen molar-refractivity contribution in [3.8, 4) is 0 Å². The van der Waals surface area contributed by atoms with Crippen molar-refractivity contribution in [2.45, 2.75) is 19.1 Å². The molecule has 6 heteroatoms. The Morgan fingerprint density at radius 1 is 1.47 bits per heavy atom. The Hall–Kier alpha value is -0.810. The molecule has 86 valence electrons. The zero-order valence-electron chi connectivity index (χ0n) is 9.30. The fourth-order valence-electron chi connectivity index (χ4n) is 1.83. The van der Waals surface area contributed by atoms with Crippen LogP contribution in [0, 0.1) is 0 Å². The molecule has 15 heavy (non-hydrogen) atoms. The van der Waals surface area contributed by atoms with Gasteiger partial charge in [-0.15, -0.1) is 0 Å². The maximum atomic E-state index is 8.16. The van der Waals surface area contributed by atoms with E-state index in [0.717, 1.165) is 19.6 Å². The topological polar surface area (TPSA) is 70.5 Å². The van der Waals surface area contributed by atoms with Crippen molar-refractivity contribution in [1.29, 1.82) is 0 Å². The van der Waals surface area contributed by atoms with Crippen LogP contribution in [0.2, 0.25) is 0 Å². The monoisotopic (exact) mass is 214 g/mol. The van der Waals surface area contributed by atoms with E-state index < -0.39 is 0 Å². The molecule has 0 aliphatic carbocycles. The Morgan fingerprint density at radius 2 is 2.20 bits per heavy atom. The predicted octanol–water partition coefficient (Wildman–Crippen LogP) is 1.03. The molecule has 0 bridgehead atoms. The molecule has 2 atom stereocenters. The Balaban J connectivity index is 2.34. The molecule has 0 aromatic heterocycles. The second kappa shape index (κ2) is 6.63. The number of methoxy groups -OCH3 is 1. The van der Waals surface area contributed by atoms with Gasteiger partial charge in [0.05, 0.1) is 12.2 Å². The lowest BCUT2D eigenvalue weighted by molar-refractivity contribution is -0.0233. The predicted molar refractivity (Wildman–Crippen MR) is 56.7 cm³/mol. The van der Waals surface area contributed by atoms with Crippen molar-refractivity contribution < 1.29 is 9.47 Å². The minimum absolute atomic E-state index is 0.135. The summed E-state index contributed by atoms with van der Waals surface area (Å²) >= 11 is 0. The second-order valence-electron chi connectivity index (χ2n) is 3.48. The Morgan fingerprint density at radius 3 is 2.80 bits per heavy atom. The standard InChI is InChI=1S/C9H18N4O2/c1-3-15-9-7-13(5-4-11-12-10)6-8(9)14-2/h8-9H,3-7H2,1-2H3/t8-,9-/m0/s1. The summed E-state index contributed by atoms with van der Waals surface area (Å²) in [7, 11) is 1.70. The Kier molecular flexibility index (Phi) is 5.42. The summed E-state index contributed by atoms with van der Waals surface area (Å²) in [5.74, 6) is 0. The third kappa shape index (κ3) is 3.68. The number of nitrogens with zero attached hydrogens (tertiary/aromatic N) is 4. The van der Waals surface area contributed by atoms with Crippen LogP contribution in [0.1, 0.15) is 6.92 Å². The first-order valence-electron chi connectivity index (χ1n) is 5.19. The smallest absolute Gasteiger partial charge is 0.0975 e. The van der Waals surface area contributed by atoms with Crippen molar-refractivity contribution in [2.75, 3.05) is 39.9 Å². The number of likely N-dealkylation sites (tertiary alicyclic amines) is 1. The van der Waals surface area contributed by atoms with Crippen LogP contribution >= 0.6 is 0 Å². The molecule has 1 aliphatic heterocycles. The van der Waals surface area contributed by atoms with Gasteiger partial charge < -0.3 is 9.47 Å². The van der Waals surface area contributed by atoms with E-state index in [1.165, 1.54) is 0 Å². The zero-order chi connectivity index (χ0) is 11.1. The minimum atomic E-state index is 0.135. The van der Waals surface area contributed by atoms with Gasteiger partial charge in [-0.2, -0.15) is 0 Å². The van der Waals surface area contributed by atoms with Crippen molar-refractivity contribution in [2.24, 2.45) is 5.11 Å². The largest absolute Gasteiger partial charge is 0.377 e. The number of hydrogen-bond acceptors (Lipinski definition) is 4. The van der Waals surface area contributed by atoms with E-state index in [0.29, 0.717) is 13.2 Å². The number of hydrogen-bond donors (Lipinski definition) is 0. The van der Waals surface area contributed by atoms with Crippen molar-refractivity contribution in [3.63, 3.8) is 0 Å². The SMILES string of the molecule is CCO[C@H]1CN(CCN=[N+]=[N-])C[C@@H]1OC. The molecule has 0 aromatic carbocycles. The maximum Gasteiger partial charge on any atom is 0.0975 e. The molecular formula is C9H18N4O2. The van der Waals surface area contributed by atoms with Crippen molar-refractivity contribution >= 4 is 0 Å². The van der Waals surface area contributed by atoms with Gasteiger partial charge in [-0.05, 0) is 12.5 Å². The Labute approximate surface area is 89.8 Å². The van der Waals surface area contributed by atoms with E-state index in [1.54, 1.807) is 7.11 Å². The summed E-state index contributed by atoms with van der Waals surface area (Å²) < 4.78 is 10.9. The molecule has 1 rings (SSSR count). The average Bonchev–Trinajstić information content (AvgIpc) is 2.62. The van der Waals surface area contributed by atoms with Gasteiger partial charge in [0, 0.05) is 44.8 Å². The average molecular weight is 214 g/mol. The molecule has 0 N–H and O–H groups in total. The highest BCUT2D eigenvalue weighted by Gasteiger charge is 2.32. The Bertz CT molecular complexity index is 230. The van der Waals surface area contributed by atoms with E-state index in [-0.39, 0.29) is 12.2 Å². The first-order valence-corrected chi connectivity index (χ1v) is 5.19. The van der Waals surface area contributed by atoms with Crippen molar-refractivity contribution in [3.05, 3.63) is 10.4 Å². The van der Waals surface area contributed by atoms with Crippen LogP contribution in [0.25, 0.3) is 10.4 Å². The molecule has 1 saturated heterocycles. The lowest BCUT2D eigenvalue weighted by atomic mass is 10.2. The van der Waals surface area contributed by atoms with E-state index in [9.17, 15) is 0 Å². The summed E-state index contributed by atoms with van der Waals surface area (Å²) in [4.78, 5) is 4.92. The second-order valence-corrected chi connectivity index (χ2v) is 3.48. The first-order chi connectivity index (χ1) is 7.31. The van der Waals surface area contributed by atoms with Gasteiger partial charge in [-0.3, -0.25) is 4.90 Å². The van der Waals surface area contributed by atoms with Gasteiger partial charge in [0.2, 0.25) is 0 Å². The fraction of sp³-hybridized carbons (Fsp3) is 1.00. The van der Waals surface area contributed by atoms with Gasteiger partial charge in [0.25, 0.3) is 0 Å². The van der Waals surface area contributed by atoms with Crippen LogP contribution < -0.4 is 0 Å². The van der Waals surface area contributed by atoms with Gasteiger partial charge >= 0.3 is 0 Å². The van der Waals surface area contributed by atoms with E-state index in [2.05, 4.69) is 14.9 Å². The molecule has 1 fully saturated rings. The molecule has 1 heterocycles. The van der Waals surface area contributed by atoms with Crippen LogP contribution in [0.4, 0.5) is 0 Å². The highest BCUT2D eigenvalue weighted by molar-refractivity contribution is 4.86. The molecule has 0 aromatic rings. The number of rotatable bonds is 6. The van der Waals surface area contributed by atoms with Crippen molar-refractivity contribution in [1.82, 2.24) is 4.90 Å². The molecule has 0 saturated carbocycles. The zero-order valence-corrected chi connectivity index (χ0v) is 9.30. The highest BCUT2D eigenvalue weighted by Crippen LogP contribution is 2.15. The molecule has 6 nitrogen and oxygen atoms in total. The molecule has 0 unspecified atom stereocenters. The van der Waals surface area contributed by atoms with Crippen LogP contribution in [-0.2, 0) is 9.47 Å². The summed E-state index contributed by atoms with van der Waals surface area (Å²) in [5.41, 5.74) is 8.16. The van der Waals surface area contributed by atoms with E-state index in [4.69, 9.17) is 15.0 Å². The summed E-state index contributed by atoms with van der Waals surface area (Å²) in [5, 5.41) is 3.51. The lowest BCUT2D eigenvalue weighted by Crippen LogP contribution is -2.28. The molecule has 0 spiro atoms. The summed E-state index contributed by atoms with van der Waals surface area (Å²) in [6.45, 7) is 5.67. The van der Waals surface area contributed by atoms with E-state index >= 15 is 0 Å². The maximum absolute atomic E-state index is 8.16. The minimum Gasteiger partial charge on any atom is -0.377 e. The van der Waals surface area contributed by atoms with Crippen LogP contribution in [0.3, 0.4) is 0 Å². The number of ether oxygens (including phenoxy) is 2. The summed E-state index contributed by atoms with van der Waals surface area (Å²) in [6, 6.07) is 0. The first kappa shape index (κ1) is 12.3. The van der Waals surface area contributed by atoms with E-state index in [1.807, 2.05) is 6.92 Å². The fourth-order valence-corrected chi connectivity index (χ4v) is 1.83. The quantitative estimate of drug-likeness (QED) is 0.376. The van der Waals surface area contributed by atoms with Gasteiger partial charge in [0.15, 0.2) is 0 Å². The third-order valence-electron chi connectivity index (χ3n) is 2.55. The third-order valence-corrected chi connectivity index (χ3v) is 2.55. The molecule has 0 amide bonds. The van der Waals surface area contributed by atoms with Crippen LogP contribution in [0.5, 0.6) is 0 Å². The van der Waals surface area contributed by atoms with Gasteiger partial charge in [-0.1, -0.05) is 5.11 Å². The molecular weight excluding hydrogens is 196 g/mol. The van der Waals surface area contributed by atoms with Gasteiger partial charge in [0.1, 0.15) is 0 Å².